The molecule has 0 N–H and O–H groups in total. The number of halogens is 1. The fourth-order valence-electron chi connectivity index (χ4n) is 3.03. The lowest BCUT2D eigenvalue weighted by Crippen LogP contribution is -2.39. The number of rotatable bonds is 4. The fourth-order valence-corrected chi connectivity index (χ4v) is 4.76. The molecule has 2 aromatic rings. The Balaban J connectivity index is 1.62. The maximum atomic E-state index is 13.2. The zero-order valence-corrected chi connectivity index (χ0v) is 15.3. The van der Waals surface area contributed by atoms with Crippen LogP contribution in [0.1, 0.15) is 30.0 Å². The third kappa shape index (κ3) is 4.21. The number of likely N-dealkylation sites (tertiary alicyclic amines) is 1. The highest BCUT2D eigenvalue weighted by Crippen LogP contribution is 2.32. The molecule has 1 aliphatic heterocycles. The van der Waals surface area contributed by atoms with Crippen molar-refractivity contribution in [1.29, 1.82) is 0 Å². The molecule has 9 heteroatoms. The van der Waals surface area contributed by atoms with Crippen LogP contribution in [0.3, 0.4) is 0 Å². The van der Waals surface area contributed by atoms with Gasteiger partial charge < -0.3 is 4.90 Å². The topological polar surface area (TPSA) is 80.2 Å². The van der Waals surface area contributed by atoms with Gasteiger partial charge in [-0.25, -0.2) is 12.8 Å². The van der Waals surface area contributed by atoms with Crippen molar-refractivity contribution < 1.29 is 17.6 Å². The molecular weight excluding hydrogens is 365 g/mol. The summed E-state index contributed by atoms with van der Waals surface area (Å²) < 4.78 is 40.8. The molecule has 0 saturated carbocycles. The minimum absolute atomic E-state index is 0.0123. The second kappa shape index (κ2) is 7.17. The Morgan fingerprint density at radius 2 is 2.08 bits per heavy atom. The van der Waals surface area contributed by atoms with Gasteiger partial charge in [-0.15, -0.1) is 5.10 Å². The minimum atomic E-state index is -3.34. The second-order valence-electron chi connectivity index (χ2n) is 6.18. The minimum Gasteiger partial charge on any atom is -0.342 e. The molecule has 1 aromatic carbocycles. The van der Waals surface area contributed by atoms with Crippen molar-refractivity contribution in [3.8, 4) is 0 Å². The number of hydrogen-bond donors (Lipinski definition) is 0. The SMILES string of the molecule is CS(=O)(=O)c1snnc1C1CCN(C(=O)Cc2cccc(F)c2)CC1. The molecule has 2 heterocycles. The van der Waals surface area contributed by atoms with E-state index in [0.29, 0.717) is 37.2 Å². The van der Waals surface area contributed by atoms with Crippen molar-refractivity contribution in [2.45, 2.75) is 29.4 Å². The Morgan fingerprint density at radius 1 is 1.36 bits per heavy atom. The second-order valence-corrected chi connectivity index (χ2v) is 9.14. The van der Waals surface area contributed by atoms with Crippen molar-refractivity contribution >= 4 is 27.3 Å². The largest absolute Gasteiger partial charge is 0.342 e. The van der Waals surface area contributed by atoms with Crippen molar-refractivity contribution in [1.82, 2.24) is 14.5 Å². The van der Waals surface area contributed by atoms with E-state index in [1.807, 2.05) is 0 Å². The monoisotopic (exact) mass is 383 g/mol. The first-order valence-corrected chi connectivity index (χ1v) is 10.6. The van der Waals surface area contributed by atoms with E-state index in [4.69, 9.17) is 0 Å². The lowest BCUT2D eigenvalue weighted by Gasteiger charge is -2.31. The number of aromatic nitrogens is 2. The van der Waals surface area contributed by atoms with Gasteiger partial charge in [-0.3, -0.25) is 4.79 Å². The van der Waals surface area contributed by atoms with Gasteiger partial charge in [0.2, 0.25) is 5.91 Å². The van der Waals surface area contributed by atoms with E-state index in [-0.39, 0.29) is 28.3 Å². The van der Waals surface area contributed by atoms with Gasteiger partial charge in [0.1, 0.15) is 5.82 Å². The Bertz CT molecular complexity index is 874. The number of carbonyl (C=O) groups excluding carboxylic acids is 1. The van der Waals surface area contributed by atoms with Gasteiger partial charge in [-0.05, 0) is 30.5 Å². The summed E-state index contributed by atoms with van der Waals surface area (Å²) in [4.78, 5) is 14.1. The first kappa shape index (κ1) is 17.9. The summed E-state index contributed by atoms with van der Waals surface area (Å²) in [7, 11) is -3.34. The summed E-state index contributed by atoms with van der Waals surface area (Å²) >= 11 is 0.895. The van der Waals surface area contributed by atoms with Crippen LogP contribution in [0.15, 0.2) is 28.5 Å². The highest BCUT2D eigenvalue weighted by atomic mass is 32.2. The van der Waals surface area contributed by atoms with Crippen LogP contribution in [0.5, 0.6) is 0 Å². The lowest BCUT2D eigenvalue weighted by atomic mass is 9.94. The van der Waals surface area contributed by atoms with Crippen LogP contribution in [0.25, 0.3) is 0 Å². The number of carbonyl (C=O) groups is 1. The van der Waals surface area contributed by atoms with Crippen molar-refractivity contribution in [3.05, 3.63) is 41.3 Å². The lowest BCUT2D eigenvalue weighted by molar-refractivity contribution is -0.131. The molecule has 0 spiro atoms. The number of nitrogens with zero attached hydrogens (tertiary/aromatic N) is 3. The van der Waals surface area contributed by atoms with E-state index in [9.17, 15) is 17.6 Å². The summed E-state index contributed by atoms with van der Waals surface area (Å²) in [6.45, 7) is 1.05. The third-order valence-corrected chi connectivity index (χ3v) is 6.85. The predicted molar refractivity (Wildman–Crippen MR) is 91.7 cm³/mol. The van der Waals surface area contributed by atoms with Crippen molar-refractivity contribution in [3.63, 3.8) is 0 Å². The molecule has 1 fully saturated rings. The van der Waals surface area contributed by atoms with E-state index in [0.717, 1.165) is 17.8 Å². The van der Waals surface area contributed by atoms with Crippen LogP contribution in [-0.2, 0) is 21.1 Å². The Hall–Kier alpha value is -1.87. The number of benzene rings is 1. The van der Waals surface area contributed by atoms with Gasteiger partial charge in [-0.2, -0.15) is 0 Å². The molecule has 1 amide bonds. The van der Waals surface area contributed by atoms with Crippen molar-refractivity contribution in [2.75, 3.05) is 19.3 Å². The maximum absolute atomic E-state index is 13.2. The first-order chi connectivity index (χ1) is 11.8. The van der Waals surface area contributed by atoms with E-state index >= 15 is 0 Å². The van der Waals surface area contributed by atoms with Gasteiger partial charge in [0.25, 0.3) is 0 Å². The summed E-state index contributed by atoms with van der Waals surface area (Å²) in [6.07, 6.45) is 2.60. The highest BCUT2D eigenvalue weighted by Gasteiger charge is 2.30. The average molecular weight is 383 g/mol. The molecule has 134 valence electrons. The number of amides is 1. The average Bonchev–Trinajstić information content (AvgIpc) is 3.05. The van der Waals surface area contributed by atoms with Crippen LogP contribution in [0.2, 0.25) is 0 Å². The van der Waals surface area contributed by atoms with Gasteiger partial charge in [0, 0.05) is 36.8 Å². The molecule has 25 heavy (non-hydrogen) atoms. The standard InChI is InChI=1S/C16H18FN3O3S2/c1-25(22,23)16-15(18-19-24-16)12-5-7-20(8-6-12)14(21)10-11-3-2-4-13(17)9-11/h2-4,9,12H,5-8,10H2,1H3. The molecule has 1 saturated heterocycles. The zero-order chi connectivity index (χ0) is 18.0. The normalized spacial score (nSPS) is 16.2. The van der Waals surface area contributed by atoms with E-state index in [1.165, 1.54) is 12.1 Å². The van der Waals surface area contributed by atoms with E-state index in [2.05, 4.69) is 9.59 Å². The summed E-state index contributed by atoms with van der Waals surface area (Å²) in [5.41, 5.74) is 1.17. The Morgan fingerprint density at radius 3 is 2.72 bits per heavy atom. The smallest absolute Gasteiger partial charge is 0.226 e. The van der Waals surface area contributed by atoms with Gasteiger partial charge in [-0.1, -0.05) is 16.6 Å². The van der Waals surface area contributed by atoms with Crippen LogP contribution in [0, 0.1) is 5.82 Å². The molecule has 1 aromatic heterocycles. The molecule has 0 bridgehead atoms. The molecule has 1 aliphatic rings. The van der Waals surface area contributed by atoms with Crippen LogP contribution in [0.4, 0.5) is 4.39 Å². The number of sulfone groups is 1. The summed E-state index contributed by atoms with van der Waals surface area (Å²) in [5, 5.41) is 4.00. The summed E-state index contributed by atoms with van der Waals surface area (Å²) in [6, 6.07) is 6.03. The molecule has 6 nitrogen and oxygen atoms in total. The molecular formula is C16H18FN3O3S2. The fraction of sp³-hybridized carbons (Fsp3) is 0.438. The van der Waals surface area contributed by atoms with Gasteiger partial charge in [0.15, 0.2) is 14.0 Å². The first-order valence-electron chi connectivity index (χ1n) is 7.89. The predicted octanol–water partition coefficient (Wildman–Crippen LogP) is 2.03. The molecule has 0 aliphatic carbocycles. The summed E-state index contributed by atoms with van der Waals surface area (Å²) in [5.74, 6) is -0.418. The molecule has 0 radical (unpaired) electrons. The number of piperidine rings is 1. The highest BCUT2D eigenvalue weighted by molar-refractivity contribution is 7.92. The van der Waals surface area contributed by atoms with Gasteiger partial charge in [0.05, 0.1) is 12.1 Å². The number of hydrogen-bond acceptors (Lipinski definition) is 6. The van der Waals surface area contributed by atoms with Gasteiger partial charge >= 0.3 is 0 Å². The van der Waals surface area contributed by atoms with Crippen LogP contribution < -0.4 is 0 Å². The molecule has 0 atom stereocenters. The van der Waals surface area contributed by atoms with Crippen LogP contribution in [-0.4, -0.2) is 48.2 Å². The zero-order valence-electron chi connectivity index (χ0n) is 13.7. The third-order valence-electron chi connectivity index (χ3n) is 4.30. The van der Waals surface area contributed by atoms with Crippen LogP contribution >= 0.6 is 11.5 Å². The van der Waals surface area contributed by atoms with E-state index < -0.39 is 9.84 Å². The maximum Gasteiger partial charge on any atom is 0.226 e. The van der Waals surface area contributed by atoms with Crippen molar-refractivity contribution in [2.24, 2.45) is 0 Å². The molecule has 3 rings (SSSR count). The molecule has 0 unspecified atom stereocenters. The Labute approximate surface area is 149 Å². The van der Waals surface area contributed by atoms with E-state index in [1.54, 1.807) is 17.0 Å². The quantitative estimate of drug-likeness (QED) is 0.807. The Kier molecular flexibility index (Phi) is 5.14.